The molecule has 2 heteroatoms. The van der Waals surface area contributed by atoms with Crippen LogP contribution in [0.1, 0.15) is 36.0 Å². The standard InChI is InChI=1S/C17H28N2/c1-14-6-7-16(13-15(14)2)8-11-19(3)12-9-17-5-4-10-18-17/h6-7,13,17-18H,4-5,8-12H2,1-3H3. The summed E-state index contributed by atoms with van der Waals surface area (Å²) in [5, 5.41) is 3.57. The molecule has 19 heavy (non-hydrogen) atoms. The Bertz CT molecular complexity index is 394. The molecule has 1 fully saturated rings. The molecular weight excluding hydrogens is 232 g/mol. The van der Waals surface area contributed by atoms with Crippen LogP contribution in [0.3, 0.4) is 0 Å². The van der Waals surface area contributed by atoms with E-state index in [1.165, 1.54) is 49.0 Å². The van der Waals surface area contributed by atoms with Crippen molar-refractivity contribution >= 4 is 0 Å². The fourth-order valence-electron chi connectivity index (χ4n) is 2.77. The lowest BCUT2D eigenvalue weighted by molar-refractivity contribution is 0.316. The monoisotopic (exact) mass is 260 g/mol. The summed E-state index contributed by atoms with van der Waals surface area (Å²) < 4.78 is 0. The van der Waals surface area contributed by atoms with Gasteiger partial charge in [-0.2, -0.15) is 0 Å². The van der Waals surface area contributed by atoms with Gasteiger partial charge in [-0.25, -0.2) is 0 Å². The molecule has 0 bridgehead atoms. The Morgan fingerprint density at radius 2 is 2.05 bits per heavy atom. The average Bonchev–Trinajstić information content (AvgIpc) is 2.91. The SMILES string of the molecule is Cc1ccc(CCN(C)CCC2CCCN2)cc1C. The van der Waals surface area contributed by atoms with Gasteiger partial charge in [-0.15, -0.1) is 0 Å². The number of benzene rings is 1. The number of hydrogen-bond acceptors (Lipinski definition) is 2. The van der Waals surface area contributed by atoms with E-state index in [2.05, 4.69) is 49.3 Å². The van der Waals surface area contributed by atoms with Crippen LogP contribution in [-0.2, 0) is 6.42 Å². The van der Waals surface area contributed by atoms with Gasteiger partial charge in [0.25, 0.3) is 0 Å². The fraction of sp³-hybridized carbons (Fsp3) is 0.647. The smallest absolute Gasteiger partial charge is 0.00797 e. The summed E-state index contributed by atoms with van der Waals surface area (Å²) in [5.41, 5.74) is 4.27. The Morgan fingerprint density at radius 1 is 1.21 bits per heavy atom. The second-order valence-electron chi connectivity index (χ2n) is 6.05. The molecular formula is C17H28N2. The van der Waals surface area contributed by atoms with E-state index in [9.17, 15) is 0 Å². The third kappa shape index (κ3) is 4.63. The lowest BCUT2D eigenvalue weighted by Gasteiger charge is -2.19. The summed E-state index contributed by atoms with van der Waals surface area (Å²) in [5.74, 6) is 0. The molecule has 2 nitrogen and oxygen atoms in total. The minimum Gasteiger partial charge on any atom is -0.314 e. The van der Waals surface area contributed by atoms with Crippen molar-refractivity contribution in [2.24, 2.45) is 0 Å². The van der Waals surface area contributed by atoms with Gasteiger partial charge in [0.05, 0.1) is 0 Å². The highest BCUT2D eigenvalue weighted by atomic mass is 15.1. The van der Waals surface area contributed by atoms with Crippen molar-refractivity contribution in [3.8, 4) is 0 Å². The van der Waals surface area contributed by atoms with Crippen molar-refractivity contribution in [1.29, 1.82) is 0 Å². The van der Waals surface area contributed by atoms with Gasteiger partial charge in [0, 0.05) is 12.6 Å². The number of aryl methyl sites for hydroxylation is 2. The molecule has 1 aromatic rings. The normalized spacial score (nSPS) is 19.3. The molecule has 0 radical (unpaired) electrons. The van der Waals surface area contributed by atoms with E-state index in [0.29, 0.717) is 0 Å². The van der Waals surface area contributed by atoms with Crippen LogP contribution in [0.4, 0.5) is 0 Å². The molecule has 0 amide bonds. The first kappa shape index (κ1) is 14.5. The zero-order valence-corrected chi connectivity index (χ0v) is 12.7. The molecule has 1 heterocycles. The van der Waals surface area contributed by atoms with Crippen LogP contribution in [0.15, 0.2) is 18.2 Å². The molecule has 0 saturated carbocycles. The van der Waals surface area contributed by atoms with Gasteiger partial charge in [0.15, 0.2) is 0 Å². The van der Waals surface area contributed by atoms with Crippen LogP contribution in [-0.4, -0.2) is 37.6 Å². The first-order valence-corrected chi connectivity index (χ1v) is 7.63. The molecule has 1 N–H and O–H groups in total. The highest BCUT2D eigenvalue weighted by Gasteiger charge is 2.14. The first-order valence-electron chi connectivity index (χ1n) is 7.63. The lowest BCUT2D eigenvalue weighted by atomic mass is 10.0. The topological polar surface area (TPSA) is 15.3 Å². The molecule has 1 atom stereocenters. The number of nitrogens with one attached hydrogen (secondary N) is 1. The van der Waals surface area contributed by atoms with E-state index >= 15 is 0 Å². The van der Waals surface area contributed by atoms with Crippen LogP contribution in [0, 0.1) is 13.8 Å². The third-order valence-corrected chi connectivity index (χ3v) is 4.38. The Morgan fingerprint density at radius 3 is 2.74 bits per heavy atom. The molecule has 2 rings (SSSR count). The van der Waals surface area contributed by atoms with Crippen molar-refractivity contribution in [2.75, 3.05) is 26.7 Å². The van der Waals surface area contributed by atoms with E-state index in [0.717, 1.165) is 19.0 Å². The zero-order valence-electron chi connectivity index (χ0n) is 12.7. The highest BCUT2D eigenvalue weighted by molar-refractivity contribution is 5.30. The van der Waals surface area contributed by atoms with Crippen molar-refractivity contribution in [3.05, 3.63) is 34.9 Å². The van der Waals surface area contributed by atoms with Crippen LogP contribution in [0.5, 0.6) is 0 Å². The minimum atomic E-state index is 0.768. The van der Waals surface area contributed by atoms with Crippen molar-refractivity contribution in [2.45, 2.75) is 45.6 Å². The Hall–Kier alpha value is -0.860. The van der Waals surface area contributed by atoms with E-state index in [1.54, 1.807) is 0 Å². The molecule has 0 spiro atoms. The first-order chi connectivity index (χ1) is 9.15. The lowest BCUT2D eigenvalue weighted by Crippen LogP contribution is -2.29. The van der Waals surface area contributed by atoms with Crippen LogP contribution >= 0.6 is 0 Å². The maximum atomic E-state index is 3.57. The Balaban J connectivity index is 1.70. The van der Waals surface area contributed by atoms with Crippen molar-refractivity contribution in [1.82, 2.24) is 10.2 Å². The average molecular weight is 260 g/mol. The minimum absolute atomic E-state index is 0.768. The maximum absolute atomic E-state index is 3.57. The van der Waals surface area contributed by atoms with Crippen LogP contribution in [0.25, 0.3) is 0 Å². The Kier molecular flexibility index (Phi) is 5.41. The second kappa shape index (κ2) is 7.06. The number of hydrogen-bond donors (Lipinski definition) is 1. The van der Waals surface area contributed by atoms with Crippen molar-refractivity contribution < 1.29 is 0 Å². The molecule has 1 unspecified atom stereocenters. The van der Waals surface area contributed by atoms with Gasteiger partial charge in [-0.3, -0.25) is 0 Å². The van der Waals surface area contributed by atoms with E-state index < -0.39 is 0 Å². The predicted molar refractivity (Wildman–Crippen MR) is 82.8 cm³/mol. The van der Waals surface area contributed by atoms with Crippen LogP contribution in [0.2, 0.25) is 0 Å². The van der Waals surface area contributed by atoms with Gasteiger partial charge < -0.3 is 10.2 Å². The van der Waals surface area contributed by atoms with Gasteiger partial charge in [0.1, 0.15) is 0 Å². The van der Waals surface area contributed by atoms with Gasteiger partial charge in [-0.05, 0) is 76.4 Å². The quantitative estimate of drug-likeness (QED) is 0.846. The maximum Gasteiger partial charge on any atom is 0.00797 e. The molecule has 0 aliphatic carbocycles. The third-order valence-electron chi connectivity index (χ3n) is 4.38. The van der Waals surface area contributed by atoms with Gasteiger partial charge >= 0.3 is 0 Å². The van der Waals surface area contributed by atoms with E-state index in [1.807, 2.05) is 0 Å². The number of rotatable bonds is 6. The van der Waals surface area contributed by atoms with Crippen LogP contribution < -0.4 is 5.32 Å². The highest BCUT2D eigenvalue weighted by Crippen LogP contribution is 2.12. The summed E-state index contributed by atoms with van der Waals surface area (Å²) in [6, 6.07) is 7.62. The zero-order chi connectivity index (χ0) is 13.7. The molecule has 0 aromatic heterocycles. The summed E-state index contributed by atoms with van der Waals surface area (Å²) in [7, 11) is 2.25. The summed E-state index contributed by atoms with van der Waals surface area (Å²) in [6.07, 6.45) is 5.18. The largest absolute Gasteiger partial charge is 0.314 e. The summed E-state index contributed by atoms with van der Waals surface area (Å²) >= 11 is 0. The Labute approximate surface area is 118 Å². The van der Waals surface area contributed by atoms with E-state index in [-0.39, 0.29) is 0 Å². The second-order valence-corrected chi connectivity index (χ2v) is 6.05. The fourth-order valence-corrected chi connectivity index (χ4v) is 2.77. The molecule has 1 saturated heterocycles. The molecule has 1 aromatic carbocycles. The summed E-state index contributed by atoms with van der Waals surface area (Å²) in [4.78, 5) is 2.47. The van der Waals surface area contributed by atoms with E-state index in [4.69, 9.17) is 0 Å². The number of nitrogens with zero attached hydrogens (tertiary/aromatic N) is 1. The summed E-state index contributed by atoms with van der Waals surface area (Å²) in [6.45, 7) is 7.98. The van der Waals surface area contributed by atoms with Crippen molar-refractivity contribution in [3.63, 3.8) is 0 Å². The molecule has 1 aliphatic rings. The number of likely N-dealkylation sites (N-methyl/N-ethyl adjacent to an activating group) is 1. The van der Waals surface area contributed by atoms with Gasteiger partial charge in [0.2, 0.25) is 0 Å². The predicted octanol–water partition coefficient (Wildman–Crippen LogP) is 2.92. The molecule has 1 aliphatic heterocycles. The molecule has 106 valence electrons. The van der Waals surface area contributed by atoms with Gasteiger partial charge in [-0.1, -0.05) is 18.2 Å².